The molecule has 4 saturated carbocycles. The molecule has 168 valence electrons. The van der Waals surface area contributed by atoms with Gasteiger partial charge in [0.25, 0.3) is 5.91 Å². The van der Waals surface area contributed by atoms with Gasteiger partial charge < -0.3 is 15.4 Å². The zero-order chi connectivity index (χ0) is 21.5. The highest BCUT2D eigenvalue weighted by molar-refractivity contribution is 8.00. The Morgan fingerprint density at radius 3 is 2.58 bits per heavy atom. The lowest BCUT2D eigenvalue weighted by atomic mass is 9.60. The van der Waals surface area contributed by atoms with E-state index in [-0.39, 0.29) is 47.3 Å². The van der Waals surface area contributed by atoms with E-state index < -0.39 is 5.82 Å². The maximum atomic E-state index is 13.5. The van der Waals surface area contributed by atoms with Crippen LogP contribution < -0.4 is 20.7 Å². The molecule has 31 heavy (non-hydrogen) atoms. The minimum absolute atomic E-state index is 0.0149. The van der Waals surface area contributed by atoms with Crippen LogP contribution in [0, 0.1) is 23.6 Å². The summed E-state index contributed by atoms with van der Waals surface area (Å²) in [4.78, 5) is 25.2. The van der Waals surface area contributed by atoms with Gasteiger partial charge in [0.1, 0.15) is 11.6 Å². The van der Waals surface area contributed by atoms with Crippen molar-refractivity contribution in [1.29, 1.82) is 0 Å². The first-order valence-corrected chi connectivity index (χ1v) is 12.4. The lowest BCUT2D eigenvalue weighted by Gasteiger charge is -2.51. The Balaban J connectivity index is 1.09. The largest absolute Gasteiger partial charge is 0.484 e. The molecule has 9 heteroatoms. The van der Waals surface area contributed by atoms with Crippen LogP contribution in [0.15, 0.2) is 18.2 Å². The molecule has 3 N–H and O–H groups in total. The van der Waals surface area contributed by atoms with Gasteiger partial charge in [-0.1, -0.05) is 11.6 Å². The molecule has 4 unspecified atom stereocenters. The summed E-state index contributed by atoms with van der Waals surface area (Å²) in [5.74, 6) is 2.05. The number of halogens is 2. The quantitative estimate of drug-likeness (QED) is 0.574. The van der Waals surface area contributed by atoms with Crippen LogP contribution in [-0.4, -0.2) is 47.7 Å². The smallest absolute Gasteiger partial charge is 0.258 e. The number of carbonyl (C=O) groups is 2. The molecule has 2 amide bonds. The molecule has 1 aromatic rings. The van der Waals surface area contributed by atoms with Crippen LogP contribution >= 0.6 is 23.4 Å². The summed E-state index contributed by atoms with van der Waals surface area (Å²) < 4.78 is 18.9. The molecule has 1 saturated heterocycles. The van der Waals surface area contributed by atoms with E-state index in [2.05, 4.69) is 16.0 Å². The first-order chi connectivity index (χ1) is 15.0. The van der Waals surface area contributed by atoms with Crippen molar-refractivity contribution in [2.75, 3.05) is 12.4 Å². The average Bonchev–Trinajstić information content (AvgIpc) is 3.44. The Morgan fingerprint density at radius 2 is 1.87 bits per heavy atom. The van der Waals surface area contributed by atoms with Gasteiger partial charge in [0, 0.05) is 23.9 Å². The molecule has 4 aliphatic carbocycles. The van der Waals surface area contributed by atoms with Crippen molar-refractivity contribution in [1.82, 2.24) is 16.0 Å². The molecule has 4 atom stereocenters. The molecule has 6 rings (SSSR count). The lowest BCUT2D eigenvalue weighted by Crippen LogP contribution is -2.61. The van der Waals surface area contributed by atoms with Crippen molar-refractivity contribution in [2.45, 2.75) is 55.6 Å². The second-order valence-corrected chi connectivity index (χ2v) is 10.8. The predicted molar refractivity (Wildman–Crippen MR) is 117 cm³/mol. The highest BCUT2D eigenvalue weighted by Gasteiger charge is 2.48. The molecule has 1 aromatic carbocycles. The van der Waals surface area contributed by atoms with Crippen molar-refractivity contribution in [3.8, 4) is 5.75 Å². The molecule has 0 aromatic heterocycles. The Kier molecular flexibility index (Phi) is 6.05. The predicted octanol–water partition coefficient (Wildman–Crippen LogP) is 2.70. The van der Waals surface area contributed by atoms with Gasteiger partial charge in [0.05, 0.1) is 16.4 Å². The van der Waals surface area contributed by atoms with Gasteiger partial charge in [-0.05, 0) is 62.0 Å². The molecule has 6 nitrogen and oxygen atoms in total. The second kappa shape index (κ2) is 8.79. The minimum atomic E-state index is -0.579. The summed E-state index contributed by atoms with van der Waals surface area (Å²) in [7, 11) is 0. The van der Waals surface area contributed by atoms with Crippen molar-refractivity contribution in [3.05, 3.63) is 29.0 Å². The summed E-state index contributed by atoms with van der Waals surface area (Å²) in [6, 6.07) is 4.11. The zero-order valence-electron chi connectivity index (χ0n) is 17.1. The number of rotatable bonds is 7. The number of hydrogen-bond donors (Lipinski definition) is 3. The van der Waals surface area contributed by atoms with Crippen LogP contribution in [0.1, 0.15) is 32.1 Å². The number of benzene rings is 1. The van der Waals surface area contributed by atoms with Gasteiger partial charge >= 0.3 is 0 Å². The summed E-state index contributed by atoms with van der Waals surface area (Å²) in [6.07, 6.45) is 5.33. The van der Waals surface area contributed by atoms with E-state index in [4.69, 9.17) is 16.3 Å². The van der Waals surface area contributed by atoms with E-state index in [1.54, 1.807) is 0 Å². The SMILES string of the molecule is O=C(COc1ccc(Cl)c(F)c1)NC1CC(NC(=O)C2CSC(C3CC3)N2)C2CC1C2. The first-order valence-electron chi connectivity index (χ1n) is 11.0. The Bertz CT molecular complexity index is 864. The standard InChI is InChI=1S/C22H27ClFN3O3S/c23-15-4-3-14(7-16(15)24)30-9-20(28)25-17-8-18(13-5-12(17)6-13)26-21(29)19-10-31-22(27-19)11-1-2-11/h3-4,7,11-13,17-19,22,27H,1-2,5-6,8-10H2,(H,25,28)(H,26,29). The normalized spacial score (nSPS) is 34.0. The number of carbonyl (C=O) groups excluding carboxylic acids is 2. The summed E-state index contributed by atoms with van der Waals surface area (Å²) in [6.45, 7) is -0.184. The fraction of sp³-hybridized carbons (Fsp3) is 0.636. The van der Waals surface area contributed by atoms with Crippen LogP contribution in [0.25, 0.3) is 0 Å². The molecule has 1 aliphatic heterocycles. The zero-order valence-corrected chi connectivity index (χ0v) is 18.7. The number of thioether (sulfide) groups is 1. The number of ether oxygens (including phenoxy) is 1. The Hall–Kier alpha value is -1.51. The minimum Gasteiger partial charge on any atom is -0.484 e. The molecule has 5 fully saturated rings. The topological polar surface area (TPSA) is 79.5 Å². The Labute approximate surface area is 190 Å². The fourth-order valence-electron chi connectivity index (χ4n) is 4.94. The second-order valence-electron chi connectivity index (χ2n) is 9.19. The molecule has 0 spiro atoms. The molecule has 2 bridgehead atoms. The molecule has 0 radical (unpaired) electrons. The van der Waals surface area contributed by atoms with Crippen LogP contribution in [0.4, 0.5) is 4.39 Å². The van der Waals surface area contributed by atoms with E-state index in [9.17, 15) is 14.0 Å². The number of hydrogen-bond acceptors (Lipinski definition) is 5. The van der Waals surface area contributed by atoms with Crippen molar-refractivity contribution < 1.29 is 18.7 Å². The average molecular weight is 468 g/mol. The van der Waals surface area contributed by atoms with Crippen LogP contribution in [0.5, 0.6) is 5.75 Å². The van der Waals surface area contributed by atoms with Crippen molar-refractivity contribution >= 4 is 35.2 Å². The number of nitrogens with one attached hydrogen (secondary N) is 3. The third-order valence-corrected chi connectivity index (χ3v) is 8.68. The summed E-state index contributed by atoms with van der Waals surface area (Å²) >= 11 is 7.53. The summed E-state index contributed by atoms with van der Waals surface area (Å²) in [5.41, 5.74) is 0. The van der Waals surface area contributed by atoms with Crippen LogP contribution in [-0.2, 0) is 9.59 Å². The molecular weight excluding hydrogens is 441 g/mol. The number of amides is 2. The highest BCUT2D eigenvalue weighted by Crippen LogP contribution is 2.46. The van der Waals surface area contributed by atoms with Gasteiger partial charge in [0.2, 0.25) is 5.91 Å². The van der Waals surface area contributed by atoms with Gasteiger partial charge in [-0.15, -0.1) is 11.8 Å². The van der Waals surface area contributed by atoms with Crippen molar-refractivity contribution in [2.24, 2.45) is 17.8 Å². The lowest BCUT2D eigenvalue weighted by molar-refractivity contribution is -0.127. The van der Waals surface area contributed by atoms with Gasteiger partial charge in [-0.3, -0.25) is 14.9 Å². The first kappa shape index (κ1) is 21.3. The van der Waals surface area contributed by atoms with Crippen LogP contribution in [0.3, 0.4) is 0 Å². The molecule has 1 heterocycles. The monoisotopic (exact) mass is 467 g/mol. The number of fused-ring (bicyclic) bond motifs is 2. The van der Waals surface area contributed by atoms with Gasteiger partial charge in [-0.25, -0.2) is 4.39 Å². The summed E-state index contributed by atoms with van der Waals surface area (Å²) in [5, 5.41) is 10.2. The van der Waals surface area contributed by atoms with E-state index >= 15 is 0 Å². The maximum Gasteiger partial charge on any atom is 0.258 e. The van der Waals surface area contributed by atoms with Gasteiger partial charge in [0.15, 0.2) is 6.61 Å². The van der Waals surface area contributed by atoms with E-state index in [1.807, 2.05) is 11.8 Å². The third kappa shape index (κ3) is 4.81. The van der Waals surface area contributed by atoms with E-state index in [0.29, 0.717) is 17.2 Å². The van der Waals surface area contributed by atoms with Gasteiger partial charge in [-0.2, -0.15) is 0 Å². The molecular formula is C22H27ClFN3O3S. The van der Waals surface area contributed by atoms with Crippen LogP contribution in [0.2, 0.25) is 5.02 Å². The third-order valence-electron chi connectivity index (χ3n) is 6.97. The molecule has 5 aliphatic rings. The van der Waals surface area contributed by atoms with E-state index in [1.165, 1.54) is 31.0 Å². The van der Waals surface area contributed by atoms with E-state index in [0.717, 1.165) is 30.9 Å². The fourth-order valence-corrected chi connectivity index (χ4v) is 6.51. The van der Waals surface area contributed by atoms with Crippen molar-refractivity contribution in [3.63, 3.8) is 0 Å². The highest BCUT2D eigenvalue weighted by atomic mass is 35.5. The maximum absolute atomic E-state index is 13.5. The Morgan fingerprint density at radius 1 is 1.13 bits per heavy atom.